The van der Waals surface area contributed by atoms with Gasteiger partial charge in [-0.2, -0.15) is 0 Å². The van der Waals surface area contributed by atoms with E-state index in [1.54, 1.807) is 11.2 Å². The second-order valence-corrected chi connectivity index (χ2v) is 6.21. The van der Waals surface area contributed by atoms with E-state index in [4.69, 9.17) is 4.74 Å². The number of ether oxygens (including phenoxy) is 1. The number of hydrogen-bond acceptors (Lipinski definition) is 5. The van der Waals surface area contributed by atoms with Gasteiger partial charge in [0.2, 0.25) is 5.91 Å². The number of aromatic nitrogens is 2. The van der Waals surface area contributed by atoms with Crippen molar-refractivity contribution in [3.8, 4) is 0 Å². The Balaban J connectivity index is 1.87. The van der Waals surface area contributed by atoms with Gasteiger partial charge in [-0.05, 0) is 25.7 Å². The maximum atomic E-state index is 12.1. The van der Waals surface area contributed by atoms with Crippen LogP contribution in [-0.4, -0.2) is 33.5 Å². The minimum Gasteiger partial charge on any atom is -0.358 e. The van der Waals surface area contributed by atoms with Gasteiger partial charge < -0.3 is 14.2 Å². The number of nitrogens with zero attached hydrogens (tertiary/aromatic N) is 4. The first kappa shape index (κ1) is 15.1. The Morgan fingerprint density at radius 3 is 2.83 bits per heavy atom. The number of fused-ring (bicyclic) bond motifs is 1. The van der Waals surface area contributed by atoms with E-state index in [9.17, 15) is 14.9 Å². The molecule has 126 valence electrons. The molecular formula is C16H18N4O4. The largest absolute Gasteiger partial charge is 0.358 e. The average Bonchev–Trinajstić information content (AvgIpc) is 3.20. The van der Waals surface area contributed by atoms with Gasteiger partial charge in [0.25, 0.3) is 5.69 Å². The molecule has 1 unspecified atom stereocenters. The Morgan fingerprint density at radius 2 is 2.17 bits per heavy atom. The van der Waals surface area contributed by atoms with Gasteiger partial charge in [0.15, 0.2) is 0 Å². The molecule has 24 heavy (non-hydrogen) atoms. The van der Waals surface area contributed by atoms with E-state index < -0.39 is 4.92 Å². The van der Waals surface area contributed by atoms with Gasteiger partial charge in [0, 0.05) is 31.7 Å². The predicted molar refractivity (Wildman–Crippen MR) is 86.8 cm³/mol. The number of benzene rings is 1. The third-order valence-electron chi connectivity index (χ3n) is 4.68. The number of anilines is 1. The molecule has 1 aromatic carbocycles. The van der Waals surface area contributed by atoms with Crippen LogP contribution >= 0.6 is 0 Å². The van der Waals surface area contributed by atoms with Crippen LogP contribution < -0.4 is 4.90 Å². The van der Waals surface area contributed by atoms with Gasteiger partial charge in [-0.25, -0.2) is 4.98 Å². The lowest BCUT2D eigenvalue weighted by Crippen LogP contribution is -2.24. The summed E-state index contributed by atoms with van der Waals surface area (Å²) in [5.74, 6) is -0.0136. The van der Waals surface area contributed by atoms with E-state index >= 15 is 0 Å². The molecule has 2 fully saturated rings. The number of non-ortho nitro benzene ring substituents is 1. The number of nitro benzene ring substituents is 1. The highest BCUT2D eigenvalue weighted by atomic mass is 16.6. The highest BCUT2D eigenvalue weighted by Gasteiger charge is 2.28. The van der Waals surface area contributed by atoms with E-state index in [0.717, 1.165) is 25.7 Å². The maximum absolute atomic E-state index is 12.1. The van der Waals surface area contributed by atoms with Crippen molar-refractivity contribution in [2.24, 2.45) is 0 Å². The molecule has 2 aliphatic rings. The second-order valence-electron chi connectivity index (χ2n) is 6.21. The summed E-state index contributed by atoms with van der Waals surface area (Å²) in [6.45, 7) is 1.25. The predicted octanol–water partition coefficient (Wildman–Crippen LogP) is 2.77. The van der Waals surface area contributed by atoms with Crippen LogP contribution in [0.3, 0.4) is 0 Å². The summed E-state index contributed by atoms with van der Waals surface area (Å²) in [6.07, 6.45) is 5.66. The topological polar surface area (TPSA) is 90.5 Å². The number of rotatable bonds is 3. The highest BCUT2D eigenvalue weighted by Crippen LogP contribution is 2.36. The maximum Gasteiger partial charge on any atom is 0.273 e. The van der Waals surface area contributed by atoms with Crippen LogP contribution in [0.1, 0.15) is 38.3 Å². The second kappa shape index (κ2) is 5.86. The van der Waals surface area contributed by atoms with Gasteiger partial charge in [-0.15, -0.1) is 0 Å². The molecule has 0 bridgehead atoms. The SMILES string of the molecule is O=C1CCCN1c1cc([N+](=O)[O-])cc2c1ncn2C1CCCCO1. The Bertz CT molecular complexity index is 810. The molecule has 2 aliphatic heterocycles. The Morgan fingerprint density at radius 1 is 1.29 bits per heavy atom. The van der Waals surface area contributed by atoms with E-state index in [0.29, 0.717) is 36.3 Å². The Labute approximate surface area is 138 Å². The van der Waals surface area contributed by atoms with Crippen LogP contribution in [0.4, 0.5) is 11.4 Å². The van der Waals surface area contributed by atoms with Crippen LogP contribution in [-0.2, 0) is 9.53 Å². The fourth-order valence-electron chi connectivity index (χ4n) is 3.49. The van der Waals surface area contributed by atoms with E-state index in [1.807, 2.05) is 4.57 Å². The van der Waals surface area contributed by atoms with Crippen molar-refractivity contribution >= 4 is 28.3 Å². The quantitative estimate of drug-likeness (QED) is 0.637. The molecule has 2 saturated heterocycles. The summed E-state index contributed by atoms with van der Waals surface area (Å²) < 4.78 is 7.64. The number of carbonyl (C=O) groups excluding carboxylic acids is 1. The van der Waals surface area contributed by atoms with Crippen LogP contribution in [0, 0.1) is 10.1 Å². The monoisotopic (exact) mass is 330 g/mol. The van der Waals surface area contributed by atoms with Crippen LogP contribution in [0.5, 0.6) is 0 Å². The number of amides is 1. The fraction of sp³-hybridized carbons (Fsp3) is 0.500. The molecule has 1 atom stereocenters. The molecular weight excluding hydrogens is 312 g/mol. The average molecular weight is 330 g/mol. The molecule has 8 nitrogen and oxygen atoms in total. The van der Waals surface area contributed by atoms with Crippen molar-refractivity contribution in [3.63, 3.8) is 0 Å². The van der Waals surface area contributed by atoms with Gasteiger partial charge in [-0.3, -0.25) is 14.9 Å². The van der Waals surface area contributed by atoms with Gasteiger partial charge >= 0.3 is 0 Å². The van der Waals surface area contributed by atoms with Crippen LogP contribution in [0.2, 0.25) is 0 Å². The molecule has 3 heterocycles. The van der Waals surface area contributed by atoms with Gasteiger partial charge in [-0.1, -0.05) is 0 Å². The fourth-order valence-corrected chi connectivity index (χ4v) is 3.49. The Hall–Kier alpha value is -2.48. The van der Waals surface area contributed by atoms with Crippen molar-refractivity contribution in [1.82, 2.24) is 9.55 Å². The van der Waals surface area contributed by atoms with Crippen molar-refractivity contribution in [2.75, 3.05) is 18.1 Å². The number of nitro groups is 1. The molecule has 0 aliphatic carbocycles. The van der Waals surface area contributed by atoms with Crippen molar-refractivity contribution in [1.29, 1.82) is 0 Å². The van der Waals surface area contributed by atoms with Crippen molar-refractivity contribution in [2.45, 2.75) is 38.3 Å². The first-order chi connectivity index (χ1) is 11.6. The van der Waals surface area contributed by atoms with Crippen molar-refractivity contribution < 1.29 is 14.5 Å². The molecule has 1 amide bonds. The number of carbonyl (C=O) groups is 1. The smallest absolute Gasteiger partial charge is 0.273 e. The lowest BCUT2D eigenvalue weighted by atomic mass is 10.1. The van der Waals surface area contributed by atoms with E-state index in [1.165, 1.54) is 12.1 Å². The number of imidazole rings is 1. The molecule has 0 N–H and O–H groups in total. The molecule has 2 aromatic rings. The normalized spacial score (nSPS) is 21.6. The first-order valence-electron chi connectivity index (χ1n) is 8.22. The molecule has 1 aromatic heterocycles. The van der Waals surface area contributed by atoms with Gasteiger partial charge in [0.05, 0.1) is 22.5 Å². The molecule has 4 rings (SSSR count). The zero-order valence-electron chi connectivity index (χ0n) is 13.2. The number of hydrogen-bond donors (Lipinski definition) is 0. The molecule has 8 heteroatoms. The molecule has 0 radical (unpaired) electrons. The lowest BCUT2D eigenvalue weighted by Gasteiger charge is -2.24. The standard InChI is InChI=1S/C16H18N4O4/c21-14-4-3-6-18(14)12-8-11(20(22)23)9-13-16(12)17-10-19(13)15-5-1-2-7-24-15/h8-10,15H,1-7H2. The zero-order chi connectivity index (χ0) is 16.7. The minimum atomic E-state index is -0.428. The molecule has 0 spiro atoms. The lowest BCUT2D eigenvalue weighted by molar-refractivity contribution is -0.384. The summed E-state index contributed by atoms with van der Waals surface area (Å²) in [5.41, 5.74) is 1.75. The third-order valence-corrected chi connectivity index (χ3v) is 4.68. The molecule has 0 saturated carbocycles. The Kier molecular flexibility index (Phi) is 3.68. The first-order valence-corrected chi connectivity index (χ1v) is 8.22. The van der Waals surface area contributed by atoms with E-state index in [2.05, 4.69) is 4.98 Å². The highest BCUT2D eigenvalue weighted by molar-refractivity contribution is 6.03. The summed E-state index contributed by atoms with van der Waals surface area (Å²) in [7, 11) is 0. The summed E-state index contributed by atoms with van der Waals surface area (Å²) in [4.78, 5) is 29.1. The summed E-state index contributed by atoms with van der Waals surface area (Å²) in [6, 6.07) is 2.97. The third kappa shape index (κ3) is 2.43. The van der Waals surface area contributed by atoms with E-state index in [-0.39, 0.29) is 17.8 Å². The minimum absolute atomic E-state index is 0.0136. The van der Waals surface area contributed by atoms with Crippen LogP contribution in [0.15, 0.2) is 18.5 Å². The zero-order valence-corrected chi connectivity index (χ0v) is 13.2. The van der Waals surface area contributed by atoms with Gasteiger partial charge in [0.1, 0.15) is 11.7 Å². The van der Waals surface area contributed by atoms with Crippen LogP contribution in [0.25, 0.3) is 11.0 Å². The van der Waals surface area contributed by atoms with Crippen molar-refractivity contribution in [3.05, 3.63) is 28.6 Å². The summed E-state index contributed by atoms with van der Waals surface area (Å²) >= 11 is 0. The summed E-state index contributed by atoms with van der Waals surface area (Å²) in [5, 5.41) is 11.3.